The second-order valence-electron chi connectivity index (χ2n) is 7.68. The summed E-state index contributed by atoms with van der Waals surface area (Å²) in [7, 11) is 0. The highest BCUT2D eigenvalue weighted by molar-refractivity contribution is 6.19. The van der Waals surface area contributed by atoms with E-state index in [0.717, 1.165) is 12.8 Å². The Bertz CT molecular complexity index is 703. The molecule has 0 aromatic carbocycles. The third-order valence-corrected chi connectivity index (χ3v) is 6.37. The van der Waals surface area contributed by atoms with Crippen molar-refractivity contribution >= 4 is 29.2 Å². The molecule has 2 fully saturated rings. The van der Waals surface area contributed by atoms with Crippen molar-refractivity contribution in [2.75, 3.05) is 6.54 Å². The van der Waals surface area contributed by atoms with Crippen molar-refractivity contribution in [1.29, 1.82) is 0 Å². The van der Waals surface area contributed by atoms with Gasteiger partial charge in [-0.1, -0.05) is 0 Å². The molecule has 1 atom stereocenters. The van der Waals surface area contributed by atoms with Crippen molar-refractivity contribution in [3.63, 3.8) is 0 Å². The number of nitrogens with zero attached hydrogens (tertiary/aromatic N) is 1. The molecular weight excluding hydrogens is 322 g/mol. The van der Waals surface area contributed by atoms with Crippen LogP contribution in [-0.4, -0.2) is 40.6 Å². The van der Waals surface area contributed by atoms with E-state index in [4.69, 9.17) is 0 Å². The van der Waals surface area contributed by atoms with Gasteiger partial charge in [-0.15, -0.1) is 0 Å². The van der Waals surface area contributed by atoms with Gasteiger partial charge in [-0.25, -0.2) is 0 Å². The van der Waals surface area contributed by atoms with Crippen LogP contribution in [0.1, 0.15) is 57.8 Å². The van der Waals surface area contributed by atoms with E-state index < -0.39 is 11.3 Å². The third-order valence-electron chi connectivity index (χ3n) is 6.37. The number of imide groups is 1. The maximum atomic E-state index is 12.6. The molecule has 1 aliphatic heterocycles. The van der Waals surface area contributed by atoms with Gasteiger partial charge in [-0.05, 0) is 38.5 Å². The molecule has 1 spiro atoms. The van der Waals surface area contributed by atoms with Crippen LogP contribution in [0.25, 0.3) is 0 Å². The van der Waals surface area contributed by atoms with E-state index in [1.54, 1.807) is 0 Å². The molecule has 3 aliphatic carbocycles. The fourth-order valence-electron chi connectivity index (χ4n) is 4.89. The van der Waals surface area contributed by atoms with E-state index in [-0.39, 0.29) is 67.8 Å². The van der Waals surface area contributed by atoms with E-state index in [1.807, 2.05) is 0 Å². The van der Waals surface area contributed by atoms with Crippen molar-refractivity contribution in [2.24, 2.45) is 11.3 Å². The van der Waals surface area contributed by atoms with Gasteiger partial charge < -0.3 is 0 Å². The Balaban J connectivity index is 1.55. The lowest BCUT2D eigenvalue weighted by Gasteiger charge is -2.35. The van der Waals surface area contributed by atoms with Gasteiger partial charge in [0.2, 0.25) is 0 Å². The molecule has 0 aromatic rings. The number of ketones is 3. The van der Waals surface area contributed by atoms with Gasteiger partial charge in [0.15, 0.2) is 0 Å². The summed E-state index contributed by atoms with van der Waals surface area (Å²) in [6, 6.07) is 0. The van der Waals surface area contributed by atoms with Crippen molar-refractivity contribution in [3.05, 3.63) is 11.1 Å². The second-order valence-corrected chi connectivity index (χ2v) is 7.68. The Labute approximate surface area is 145 Å². The molecule has 4 aliphatic rings. The van der Waals surface area contributed by atoms with Crippen molar-refractivity contribution in [2.45, 2.75) is 57.8 Å². The van der Waals surface area contributed by atoms with Crippen LogP contribution in [0.3, 0.4) is 0 Å². The highest BCUT2D eigenvalue weighted by Crippen LogP contribution is 2.46. The maximum Gasteiger partial charge on any atom is 0.257 e. The summed E-state index contributed by atoms with van der Waals surface area (Å²) in [5.74, 6) is -1.37. The highest BCUT2D eigenvalue weighted by Gasteiger charge is 2.54. The van der Waals surface area contributed by atoms with E-state index in [2.05, 4.69) is 0 Å². The molecule has 0 N–H and O–H groups in total. The molecule has 6 nitrogen and oxygen atoms in total. The monoisotopic (exact) mass is 343 g/mol. The number of carbonyl (C=O) groups is 5. The van der Waals surface area contributed by atoms with Crippen LogP contribution < -0.4 is 0 Å². The van der Waals surface area contributed by atoms with Gasteiger partial charge in [0.25, 0.3) is 11.8 Å². The fraction of sp³-hybridized carbons (Fsp3) is 0.632. The Morgan fingerprint density at radius 2 is 1.36 bits per heavy atom. The van der Waals surface area contributed by atoms with Gasteiger partial charge >= 0.3 is 0 Å². The molecular formula is C19H21NO5. The number of hydrogen-bond donors (Lipinski definition) is 0. The summed E-state index contributed by atoms with van der Waals surface area (Å²) in [6.07, 6.45) is 4.16. The van der Waals surface area contributed by atoms with E-state index in [1.165, 1.54) is 4.90 Å². The first-order valence-corrected chi connectivity index (χ1v) is 9.11. The first-order valence-electron chi connectivity index (χ1n) is 9.11. The SMILES string of the molecule is O=C1CCC2(CC1CN1C(=O)C3=C(CCCC3)C1=O)C(=O)CCC2=O. The van der Waals surface area contributed by atoms with Crippen LogP contribution in [-0.2, 0) is 24.0 Å². The van der Waals surface area contributed by atoms with Crippen molar-refractivity contribution in [1.82, 2.24) is 4.90 Å². The van der Waals surface area contributed by atoms with Gasteiger partial charge in [-0.3, -0.25) is 28.9 Å². The molecule has 1 unspecified atom stereocenters. The predicted molar refractivity (Wildman–Crippen MR) is 86.2 cm³/mol. The molecule has 4 rings (SSSR count). The number of amides is 2. The van der Waals surface area contributed by atoms with E-state index in [9.17, 15) is 24.0 Å². The Morgan fingerprint density at radius 3 is 1.92 bits per heavy atom. The van der Waals surface area contributed by atoms with Crippen LogP contribution in [0.5, 0.6) is 0 Å². The topological polar surface area (TPSA) is 88.6 Å². The van der Waals surface area contributed by atoms with Gasteiger partial charge in [0.05, 0.1) is 5.41 Å². The summed E-state index contributed by atoms with van der Waals surface area (Å²) < 4.78 is 0. The fourth-order valence-corrected chi connectivity index (χ4v) is 4.89. The lowest BCUT2D eigenvalue weighted by Crippen LogP contribution is -2.46. The summed E-state index contributed by atoms with van der Waals surface area (Å²) in [5.41, 5.74) is 0.154. The first kappa shape index (κ1) is 16.4. The molecule has 0 bridgehead atoms. The second kappa shape index (κ2) is 5.71. The minimum absolute atomic E-state index is 0.00576. The van der Waals surface area contributed by atoms with Crippen LogP contribution in [0.2, 0.25) is 0 Å². The average Bonchev–Trinajstić information content (AvgIpc) is 3.02. The normalized spacial score (nSPS) is 29.2. The zero-order chi connectivity index (χ0) is 17.8. The standard InChI is InChI=1S/C19H21NO5/c21-14-7-8-19(15(22)5-6-16(19)23)9-11(14)10-20-17(24)12-3-1-2-4-13(12)18(20)25/h11H,1-10H2. The van der Waals surface area contributed by atoms with Crippen molar-refractivity contribution < 1.29 is 24.0 Å². The number of carbonyl (C=O) groups excluding carboxylic acids is 5. The largest absolute Gasteiger partial charge is 0.299 e. The number of hydrogen-bond acceptors (Lipinski definition) is 5. The maximum absolute atomic E-state index is 12.6. The Hall–Kier alpha value is -2.11. The van der Waals surface area contributed by atoms with E-state index >= 15 is 0 Å². The van der Waals surface area contributed by atoms with Crippen LogP contribution in [0.15, 0.2) is 11.1 Å². The van der Waals surface area contributed by atoms with Gasteiger partial charge in [0, 0.05) is 42.9 Å². The molecule has 132 valence electrons. The first-order chi connectivity index (χ1) is 11.9. The van der Waals surface area contributed by atoms with E-state index in [0.29, 0.717) is 24.0 Å². The average molecular weight is 343 g/mol. The number of Topliss-reactive ketones (excluding diaryl/α,β-unsaturated/α-hetero) is 3. The van der Waals surface area contributed by atoms with Crippen LogP contribution in [0.4, 0.5) is 0 Å². The minimum atomic E-state index is -1.04. The number of rotatable bonds is 2. The van der Waals surface area contributed by atoms with Crippen molar-refractivity contribution in [3.8, 4) is 0 Å². The molecule has 6 heteroatoms. The van der Waals surface area contributed by atoms with Gasteiger partial charge in [-0.2, -0.15) is 0 Å². The van der Waals surface area contributed by atoms with Gasteiger partial charge in [0.1, 0.15) is 17.3 Å². The molecule has 1 heterocycles. The molecule has 0 radical (unpaired) electrons. The molecule has 0 saturated heterocycles. The predicted octanol–water partition coefficient (Wildman–Crippen LogP) is 1.51. The molecule has 0 aromatic heterocycles. The lowest BCUT2D eigenvalue weighted by atomic mass is 9.67. The summed E-state index contributed by atoms with van der Waals surface area (Å²) >= 11 is 0. The Morgan fingerprint density at radius 1 is 0.800 bits per heavy atom. The lowest BCUT2D eigenvalue weighted by molar-refractivity contribution is -0.143. The van der Waals surface area contributed by atoms with Crippen LogP contribution in [0, 0.1) is 11.3 Å². The molecule has 2 saturated carbocycles. The zero-order valence-electron chi connectivity index (χ0n) is 14.1. The Kier molecular flexibility index (Phi) is 3.74. The quantitative estimate of drug-likeness (QED) is 0.560. The third kappa shape index (κ3) is 2.34. The zero-order valence-corrected chi connectivity index (χ0v) is 14.1. The summed E-state index contributed by atoms with van der Waals surface area (Å²) in [4.78, 5) is 63.3. The highest BCUT2D eigenvalue weighted by atomic mass is 16.2. The smallest absolute Gasteiger partial charge is 0.257 e. The van der Waals surface area contributed by atoms with Crippen LogP contribution >= 0.6 is 0 Å². The summed E-state index contributed by atoms with van der Waals surface area (Å²) in [5, 5.41) is 0. The summed E-state index contributed by atoms with van der Waals surface area (Å²) in [6.45, 7) is 0.00576. The molecule has 25 heavy (non-hydrogen) atoms. The molecule has 2 amide bonds. The minimum Gasteiger partial charge on any atom is -0.299 e.